The molecule has 0 radical (unpaired) electrons. The minimum absolute atomic E-state index is 0.00240. The number of rotatable bonds is 38. The van der Waals surface area contributed by atoms with Crippen molar-refractivity contribution in [3.8, 4) is 0 Å². The molecule has 0 aromatic heterocycles. The second-order valence-corrected chi connectivity index (χ2v) is 25.1. The van der Waals surface area contributed by atoms with Crippen LogP contribution in [0.5, 0.6) is 0 Å². The quantitative estimate of drug-likeness (QED) is 0.0239. The lowest BCUT2D eigenvalue weighted by Crippen LogP contribution is -2.61. The minimum Gasteiger partial charge on any atom is -0.481 e. The molecule has 2 fully saturated rings. The summed E-state index contributed by atoms with van der Waals surface area (Å²) in [5.41, 5.74) is 23.8. The second-order valence-electron chi connectivity index (χ2n) is 25.1. The zero-order valence-electron chi connectivity index (χ0n) is 54.2. The number of carbonyl (C=O) groups is 11. The summed E-state index contributed by atoms with van der Waals surface area (Å²) < 4.78 is 0. The zero-order valence-corrected chi connectivity index (χ0v) is 54.2. The van der Waals surface area contributed by atoms with Crippen molar-refractivity contribution >= 4 is 71.0 Å². The van der Waals surface area contributed by atoms with Crippen LogP contribution in [-0.4, -0.2) is 204 Å². The summed E-state index contributed by atoms with van der Waals surface area (Å²) >= 11 is 0. The molecule has 2 heterocycles. The molecule has 27 nitrogen and oxygen atoms in total. The number of hydrogen-bond donors (Lipinski definition) is 11. The maximum atomic E-state index is 15.0. The van der Waals surface area contributed by atoms with Gasteiger partial charge in [-0.25, -0.2) is 0 Å². The molecule has 2 saturated heterocycles. The molecular weight excluding hydrogens is 1150 g/mol. The van der Waals surface area contributed by atoms with Crippen LogP contribution in [0.2, 0.25) is 0 Å². The van der Waals surface area contributed by atoms with Crippen LogP contribution in [0.3, 0.4) is 0 Å². The monoisotopic (exact) mass is 1250 g/mol. The normalized spacial score (nSPS) is 18.5. The number of nitrogens with two attached hydrogens (primary N) is 4. The lowest BCUT2D eigenvalue weighted by molar-refractivity contribution is -0.149. The SMILES string of the molecule is CCCCCCCC(=O)N1CCC[C@H](C(=O)N[C@@H](Cc2ccccc2)C(=O)N[C@@H](CN(C)C)C(=O)N[C@@H](CC(C)C)C(=O)N2C[C@@H](N)C[C@H]2C(=O)N(C)[C@@H](CC(C)C)C(=O)N[C@@H](CC(=O)O)C(=O)N[C@@H](CCCN=C(N)N)C(=O)N[C@H](C(N)=O)[C@@H](C)CC)C1. The van der Waals surface area contributed by atoms with E-state index < -0.39 is 132 Å². The summed E-state index contributed by atoms with van der Waals surface area (Å²) in [7, 11) is 4.75. The van der Waals surface area contributed by atoms with E-state index in [0.29, 0.717) is 32.2 Å². The van der Waals surface area contributed by atoms with Gasteiger partial charge in [0.15, 0.2) is 5.96 Å². The molecule has 27 heteroatoms. The summed E-state index contributed by atoms with van der Waals surface area (Å²) in [5, 5.41) is 26.2. The number of hydrogen-bond acceptors (Lipinski definition) is 14. The fourth-order valence-electron chi connectivity index (χ4n) is 11.1. The molecule has 0 saturated carbocycles. The van der Waals surface area contributed by atoms with E-state index in [1.165, 1.54) is 11.9 Å². The van der Waals surface area contributed by atoms with E-state index in [1.54, 1.807) is 51.6 Å². The number of likely N-dealkylation sites (N-methyl/N-ethyl adjacent to an activating group) is 2. The molecule has 0 unspecified atom stereocenters. The first kappa shape index (κ1) is 75.8. The van der Waals surface area contributed by atoms with Crippen molar-refractivity contribution in [2.45, 2.75) is 206 Å². The van der Waals surface area contributed by atoms with Crippen molar-refractivity contribution in [2.75, 3.05) is 53.9 Å². The summed E-state index contributed by atoms with van der Waals surface area (Å²) in [4.78, 5) is 163. The predicted molar refractivity (Wildman–Crippen MR) is 337 cm³/mol. The minimum atomic E-state index is -1.79. The maximum Gasteiger partial charge on any atom is 0.305 e. The van der Waals surface area contributed by atoms with Crippen LogP contribution in [0.1, 0.15) is 150 Å². The smallest absolute Gasteiger partial charge is 0.305 e. The number of nitrogens with zero attached hydrogens (tertiary/aromatic N) is 5. The molecule has 15 N–H and O–H groups in total. The van der Waals surface area contributed by atoms with Gasteiger partial charge in [-0.2, -0.15) is 0 Å². The van der Waals surface area contributed by atoms with Gasteiger partial charge in [0, 0.05) is 58.7 Å². The Morgan fingerprint density at radius 3 is 1.89 bits per heavy atom. The Morgan fingerprint density at radius 2 is 1.29 bits per heavy atom. The first-order chi connectivity index (χ1) is 42.0. The summed E-state index contributed by atoms with van der Waals surface area (Å²) in [6.07, 6.45) is 6.27. The van der Waals surface area contributed by atoms with Gasteiger partial charge in [0.25, 0.3) is 0 Å². The largest absolute Gasteiger partial charge is 0.481 e. The third-order valence-electron chi connectivity index (χ3n) is 16.2. The lowest BCUT2D eigenvalue weighted by Gasteiger charge is -2.35. The number of guanidine groups is 1. The number of carboxylic acids is 1. The summed E-state index contributed by atoms with van der Waals surface area (Å²) in [6, 6.07) is -2.18. The number of unbranched alkanes of at least 4 members (excludes halogenated alkanes) is 4. The molecular formula is C62H105N15O12. The van der Waals surface area contributed by atoms with E-state index in [0.717, 1.165) is 42.6 Å². The Morgan fingerprint density at radius 1 is 0.697 bits per heavy atom. The van der Waals surface area contributed by atoms with Gasteiger partial charge in [-0.05, 0) is 88.8 Å². The summed E-state index contributed by atoms with van der Waals surface area (Å²) in [6.45, 7) is 13.5. The van der Waals surface area contributed by atoms with Crippen LogP contribution in [-0.2, 0) is 59.2 Å². The molecule has 11 atom stereocenters. The van der Waals surface area contributed by atoms with Crippen molar-refractivity contribution < 1.29 is 57.8 Å². The fraction of sp³-hybridized carbons (Fsp3) is 0.710. The standard InChI is InChI=1S/C62H105N15O12/c1-11-13-14-15-19-26-50(78)76-28-21-24-41(34-76)54(82)69-44(31-40-22-17-16-18-23-40)56(84)72-47(36-74(8)9)58(86)71-46(29-37(3)4)60(88)77-35-42(63)32-49(77)61(89)75(10)48(30-38(5)6)59(87)70-45(33-51(79)80)57(85)68-43(25-20-27-67-62(65)66)55(83)73-52(53(64)81)39(7)12-2/h16-18,22-23,37-39,41-49,52H,11-15,19-21,24-36,63H2,1-10H3,(H2,64,81)(H,68,85)(H,69,82)(H,70,87)(H,71,86)(H,72,84)(H,73,83)(H,79,80)(H4,65,66,67)/t39-,41-,42-,43-,44-,45-,46-,47-,48-,49-,52-/m0/s1. The van der Waals surface area contributed by atoms with E-state index in [1.807, 2.05) is 44.2 Å². The number of aliphatic carboxylic acids is 1. The highest BCUT2D eigenvalue weighted by molar-refractivity contribution is 5.99. The molecule has 0 spiro atoms. The van der Waals surface area contributed by atoms with Gasteiger partial charge in [0.2, 0.25) is 59.1 Å². The Hall–Kier alpha value is -7.42. The molecule has 3 rings (SSSR count). The molecule has 2 aliphatic rings. The second kappa shape index (κ2) is 38.2. The average molecular weight is 1250 g/mol. The van der Waals surface area contributed by atoms with E-state index in [4.69, 9.17) is 22.9 Å². The Kier molecular flexibility index (Phi) is 32.5. The van der Waals surface area contributed by atoms with E-state index >= 15 is 0 Å². The molecule has 1 aromatic rings. The van der Waals surface area contributed by atoms with E-state index in [9.17, 15) is 57.8 Å². The van der Waals surface area contributed by atoms with Gasteiger partial charge in [0.05, 0.1) is 12.3 Å². The Labute approximate surface area is 525 Å². The molecule has 2 aliphatic heterocycles. The van der Waals surface area contributed by atoms with Gasteiger partial charge in [-0.3, -0.25) is 57.7 Å². The number of amides is 10. The number of carbonyl (C=O) groups excluding carboxylic acids is 10. The van der Waals surface area contributed by atoms with Crippen LogP contribution in [0.4, 0.5) is 0 Å². The molecule has 0 bridgehead atoms. The van der Waals surface area contributed by atoms with Crippen LogP contribution in [0, 0.1) is 23.7 Å². The summed E-state index contributed by atoms with van der Waals surface area (Å²) in [5.74, 6) is -9.87. The van der Waals surface area contributed by atoms with Gasteiger partial charge >= 0.3 is 5.97 Å². The first-order valence-corrected chi connectivity index (χ1v) is 31.7. The van der Waals surface area contributed by atoms with Gasteiger partial charge in [-0.1, -0.05) is 111 Å². The van der Waals surface area contributed by atoms with Crippen LogP contribution in [0.25, 0.3) is 0 Å². The van der Waals surface area contributed by atoms with E-state index in [2.05, 4.69) is 43.8 Å². The molecule has 0 aliphatic carbocycles. The lowest BCUT2D eigenvalue weighted by atomic mass is 9.95. The third kappa shape index (κ3) is 25.9. The van der Waals surface area contributed by atoms with Crippen molar-refractivity contribution in [2.24, 2.45) is 51.6 Å². The van der Waals surface area contributed by atoms with Gasteiger partial charge < -0.3 is 79.5 Å². The number of nitrogens with one attached hydrogen (secondary N) is 6. The predicted octanol–water partition coefficient (Wildman–Crippen LogP) is 0.206. The topological polar surface area (TPSA) is 410 Å². The number of likely N-dealkylation sites (tertiary alicyclic amines) is 2. The first-order valence-electron chi connectivity index (χ1n) is 31.7. The number of carboxylic acid groups (broad SMARTS) is 1. The average Bonchev–Trinajstić information content (AvgIpc) is 4.17. The molecule has 1 aromatic carbocycles. The number of aliphatic imine (C=N–C) groups is 1. The fourth-order valence-corrected chi connectivity index (χ4v) is 11.1. The van der Waals surface area contributed by atoms with Crippen molar-refractivity contribution in [3.63, 3.8) is 0 Å². The van der Waals surface area contributed by atoms with Gasteiger partial charge in [0.1, 0.15) is 48.3 Å². The van der Waals surface area contributed by atoms with E-state index in [-0.39, 0.29) is 88.4 Å². The van der Waals surface area contributed by atoms with Crippen LogP contribution < -0.4 is 54.8 Å². The Balaban J connectivity index is 1.90. The molecule has 89 heavy (non-hydrogen) atoms. The van der Waals surface area contributed by atoms with Crippen molar-refractivity contribution in [1.82, 2.24) is 51.5 Å². The number of piperidine rings is 1. The highest BCUT2D eigenvalue weighted by atomic mass is 16.4. The highest BCUT2D eigenvalue weighted by Crippen LogP contribution is 2.25. The van der Waals surface area contributed by atoms with Crippen LogP contribution in [0.15, 0.2) is 35.3 Å². The van der Waals surface area contributed by atoms with Gasteiger partial charge in [-0.15, -0.1) is 0 Å². The maximum absolute atomic E-state index is 15.0. The van der Waals surface area contributed by atoms with Crippen LogP contribution >= 0.6 is 0 Å². The number of primary amides is 1. The molecule has 500 valence electrons. The Bertz CT molecular complexity index is 2550. The highest BCUT2D eigenvalue weighted by Gasteiger charge is 2.45. The third-order valence-corrected chi connectivity index (χ3v) is 16.2. The number of benzene rings is 1. The van der Waals surface area contributed by atoms with Crippen molar-refractivity contribution in [3.05, 3.63) is 35.9 Å². The molecule has 10 amide bonds. The van der Waals surface area contributed by atoms with Crippen molar-refractivity contribution in [1.29, 1.82) is 0 Å². The zero-order chi connectivity index (χ0) is 66.7.